The van der Waals surface area contributed by atoms with Crippen molar-refractivity contribution in [1.82, 2.24) is 19.6 Å². The maximum atomic E-state index is 12.8. The zero-order valence-electron chi connectivity index (χ0n) is 16.7. The van der Waals surface area contributed by atoms with E-state index in [2.05, 4.69) is 10.3 Å². The predicted octanol–water partition coefficient (Wildman–Crippen LogP) is 3.08. The predicted molar refractivity (Wildman–Crippen MR) is 108 cm³/mol. The van der Waals surface area contributed by atoms with Gasteiger partial charge in [-0.3, -0.25) is 9.59 Å². The Balaban J connectivity index is 1.34. The maximum absolute atomic E-state index is 12.8. The summed E-state index contributed by atoms with van der Waals surface area (Å²) in [5.74, 6) is 0.763. The normalized spacial score (nSPS) is 21.2. The molecule has 0 aromatic carbocycles. The fourth-order valence-corrected chi connectivity index (χ4v) is 4.64. The van der Waals surface area contributed by atoms with E-state index < -0.39 is 0 Å². The van der Waals surface area contributed by atoms with E-state index in [4.69, 9.17) is 0 Å². The lowest BCUT2D eigenvalue weighted by Gasteiger charge is -2.35. The number of imidazole rings is 1. The van der Waals surface area contributed by atoms with Crippen molar-refractivity contribution in [2.75, 3.05) is 13.1 Å². The molecule has 1 N–H and O–H groups in total. The zero-order chi connectivity index (χ0) is 19.5. The first-order chi connectivity index (χ1) is 13.6. The number of carbonyl (C=O) groups is 2. The molecule has 2 aliphatic rings. The number of piperidine rings is 1. The molecule has 6 heteroatoms. The second-order valence-corrected chi connectivity index (χ2v) is 8.39. The highest BCUT2D eigenvalue weighted by Crippen LogP contribution is 2.27. The van der Waals surface area contributed by atoms with Crippen molar-refractivity contribution >= 4 is 17.5 Å². The Morgan fingerprint density at radius 2 is 2.07 bits per heavy atom. The van der Waals surface area contributed by atoms with E-state index in [-0.39, 0.29) is 17.7 Å². The van der Waals surface area contributed by atoms with E-state index in [1.54, 1.807) is 0 Å². The molecule has 28 heavy (non-hydrogen) atoms. The van der Waals surface area contributed by atoms with E-state index in [0.717, 1.165) is 23.4 Å². The summed E-state index contributed by atoms with van der Waals surface area (Å²) < 4.78 is 2.02. The van der Waals surface area contributed by atoms with E-state index in [1.165, 1.54) is 32.1 Å². The Bertz CT molecular complexity index is 853. The molecule has 4 rings (SSSR count). The summed E-state index contributed by atoms with van der Waals surface area (Å²) in [6.45, 7) is 3.88. The van der Waals surface area contributed by atoms with Crippen molar-refractivity contribution in [2.45, 2.75) is 58.4 Å². The van der Waals surface area contributed by atoms with E-state index in [0.29, 0.717) is 31.8 Å². The number of hydrogen-bond acceptors (Lipinski definition) is 3. The van der Waals surface area contributed by atoms with Crippen LogP contribution in [0.3, 0.4) is 0 Å². The molecule has 150 valence electrons. The number of carbonyl (C=O) groups excluding carboxylic acids is 2. The molecular weight excluding hydrogens is 352 g/mol. The summed E-state index contributed by atoms with van der Waals surface area (Å²) in [5.41, 5.74) is 3.01. The summed E-state index contributed by atoms with van der Waals surface area (Å²) >= 11 is 0. The largest absolute Gasteiger partial charge is 0.350 e. The smallest absolute Gasteiger partial charge is 0.225 e. The standard InChI is InChI=1S/C22H30N4O2/c1-16-6-5-11-26-19(12-23-21(16)26)13-24-22(28)18-9-10-20(27)25(15-18)14-17-7-3-2-4-8-17/h5-6,11-12,17-18H,2-4,7-10,13-15H2,1H3,(H,24,28)/t18-/m1/s1. The van der Waals surface area contributed by atoms with Crippen LogP contribution in [0.2, 0.25) is 0 Å². The topological polar surface area (TPSA) is 66.7 Å². The van der Waals surface area contributed by atoms with Gasteiger partial charge in [0.25, 0.3) is 0 Å². The van der Waals surface area contributed by atoms with Crippen LogP contribution in [-0.2, 0) is 16.1 Å². The Kier molecular flexibility index (Phi) is 5.64. The van der Waals surface area contributed by atoms with E-state index >= 15 is 0 Å². The molecule has 2 aromatic heterocycles. The van der Waals surface area contributed by atoms with Gasteiger partial charge in [0.05, 0.1) is 24.4 Å². The fraction of sp³-hybridized carbons (Fsp3) is 0.591. The first-order valence-corrected chi connectivity index (χ1v) is 10.6. The van der Waals surface area contributed by atoms with Crippen LogP contribution >= 0.6 is 0 Å². The SMILES string of the molecule is Cc1cccn2c(CNC(=O)[C@@H]3CCC(=O)N(CC4CCCCC4)C3)cnc12. The van der Waals surface area contributed by atoms with Crippen molar-refractivity contribution < 1.29 is 9.59 Å². The van der Waals surface area contributed by atoms with Gasteiger partial charge in [0.1, 0.15) is 5.65 Å². The molecule has 0 unspecified atom stereocenters. The van der Waals surface area contributed by atoms with Crippen LogP contribution in [-0.4, -0.2) is 39.2 Å². The molecule has 0 bridgehead atoms. The lowest BCUT2D eigenvalue weighted by atomic mass is 9.87. The van der Waals surface area contributed by atoms with Gasteiger partial charge in [0.15, 0.2) is 0 Å². The minimum atomic E-state index is -0.109. The van der Waals surface area contributed by atoms with Crippen molar-refractivity contribution in [3.8, 4) is 0 Å². The van der Waals surface area contributed by atoms with Crippen LogP contribution in [0.5, 0.6) is 0 Å². The first kappa shape index (κ1) is 19.0. The number of rotatable bonds is 5. The van der Waals surface area contributed by atoms with Crippen LogP contribution in [0.15, 0.2) is 24.5 Å². The van der Waals surface area contributed by atoms with Crippen LogP contribution in [0.25, 0.3) is 5.65 Å². The Labute approximate surface area is 166 Å². The van der Waals surface area contributed by atoms with Gasteiger partial charge in [-0.1, -0.05) is 25.3 Å². The number of aromatic nitrogens is 2. The number of likely N-dealkylation sites (tertiary alicyclic amines) is 1. The molecule has 0 radical (unpaired) electrons. The molecule has 2 amide bonds. The third-order valence-corrected chi connectivity index (χ3v) is 6.33. The van der Waals surface area contributed by atoms with Crippen LogP contribution in [0, 0.1) is 18.8 Å². The van der Waals surface area contributed by atoms with Crippen LogP contribution in [0.1, 0.15) is 56.2 Å². The fourth-order valence-electron chi connectivity index (χ4n) is 4.64. The lowest BCUT2D eigenvalue weighted by Crippen LogP contribution is -2.47. The number of fused-ring (bicyclic) bond motifs is 1. The van der Waals surface area contributed by atoms with Gasteiger partial charge in [-0.25, -0.2) is 4.98 Å². The highest BCUT2D eigenvalue weighted by atomic mass is 16.2. The van der Waals surface area contributed by atoms with Gasteiger partial charge in [0.2, 0.25) is 11.8 Å². The molecule has 3 heterocycles. The molecule has 1 saturated heterocycles. The molecule has 0 spiro atoms. The quantitative estimate of drug-likeness (QED) is 0.864. The highest BCUT2D eigenvalue weighted by Gasteiger charge is 2.31. The van der Waals surface area contributed by atoms with Gasteiger partial charge < -0.3 is 14.6 Å². The summed E-state index contributed by atoms with van der Waals surface area (Å²) in [7, 11) is 0. The summed E-state index contributed by atoms with van der Waals surface area (Å²) in [5, 5.41) is 3.07. The molecule has 6 nitrogen and oxygen atoms in total. The van der Waals surface area contributed by atoms with Crippen molar-refractivity contribution in [1.29, 1.82) is 0 Å². The summed E-state index contributed by atoms with van der Waals surface area (Å²) in [6, 6.07) is 4.02. The Morgan fingerprint density at radius 1 is 1.25 bits per heavy atom. The van der Waals surface area contributed by atoms with Gasteiger partial charge >= 0.3 is 0 Å². The van der Waals surface area contributed by atoms with Gasteiger partial charge in [-0.15, -0.1) is 0 Å². The van der Waals surface area contributed by atoms with Crippen LogP contribution < -0.4 is 5.32 Å². The Hall–Kier alpha value is -2.37. The monoisotopic (exact) mass is 382 g/mol. The van der Waals surface area contributed by atoms with Gasteiger partial charge in [-0.2, -0.15) is 0 Å². The van der Waals surface area contributed by atoms with Crippen LogP contribution in [0.4, 0.5) is 0 Å². The second-order valence-electron chi connectivity index (χ2n) is 8.39. The number of nitrogens with zero attached hydrogens (tertiary/aromatic N) is 3. The summed E-state index contributed by atoms with van der Waals surface area (Å²) in [6.07, 6.45) is 11.2. The second kappa shape index (κ2) is 8.33. The number of pyridine rings is 1. The molecule has 1 atom stereocenters. The Morgan fingerprint density at radius 3 is 2.89 bits per heavy atom. The number of amides is 2. The highest BCUT2D eigenvalue weighted by molar-refractivity contribution is 5.83. The average Bonchev–Trinajstić information content (AvgIpc) is 3.13. The molecule has 2 fully saturated rings. The molecule has 1 saturated carbocycles. The average molecular weight is 383 g/mol. The molecule has 1 aliphatic heterocycles. The maximum Gasteiger partial charge on any atom is 0.225 e. The van der Waals surface area contributed by atoms with Gasteiger partial charge in [0, 0.05) is 25.7 Å². The van der Waals surface area contributed by atoms with E-state index in [9.17, 15) is 9.59 Å². The molecular formula is C22H30N4O2. The van der Waals surface area contributed by atoms with Crippen molar-refractivity contribution in [3.63, 3.8) is 0 Å². The number of hydrogen-bond donors (Lipinski definition) is 1. The third kappa shape index (κ3) is 4.05. The minimum Gasteiger partial charge on any atom is -0.350 e. The van der Waals surface area contributed by atoms with E-state index in [1.807, 2.05) is 40.8 Å². The minimum absolute atomic E-state index is 0.0451. The first-order valence-electron chi connectivity index (χ1n) is 10.6. The molecule has 1 aliphatic carbocycles. The molecule has 2 aromatic rings. The third-order valence-electron chi connectivity index (χ3n) is 6.33. The zero-order valence-corrected chi connectivity index (χ0v) is 16.7. The summed E-state index contributed by atoms with van der Waals surface area (Å²) in [4.78, 5) is 31.5. The van der Waals surface area contributed by atoms with Gasteiger partial charge in [-0.05, 0) is 43.7 Å². The number of aryl methyl sites for hydroxylation is 1. The van der Waals surface area contributed by atoms with Crippen molar-refractivity contribution in [2.24, 2.45) is 11.8 Å². The number of nitrogens with one attached hydrogen (secondary N) is 1. The lowest BCUT2D eigenvalue weighted by molar-refractivity contribution is -0.139. The van der Waals surface area contributed by atoms with Crippen molar-refractivity contribution in [3.05, 3.63) is 35.8 Å².